The number of piperidine rings is 1. The van der Waals surface area contributed by atoms with Crippen molar-refractivity contribution >= 4 is 28.9 Å². The summed E-state index contributed by atoms with van der Waals surface area (Å²) in [6.45, 7) is 9.03. The molecule has 9 heteroatoms. The van der Waals surface area contributed by atoms with E-state index >= 15 is 0 Å². The summed E-state index contributed by atoms with van der Waals surface area (Å²) in [4.78, 5) is 29.5. The number of benzene rings is 1. The molecule has 2 aromatic heterocycles. The van der Waals surface area contributed by atoms with Crippen LogP contribution in [0.2, 0.25) is 0 Å². The van der Waals surface area contributed by atoms with Gasteiger partial charge in [-0.1, -0.05) is 6.07 Å². The standard InChI is InChI=1S/C31H38N8O/c1-37-14-16-38(17-15-37)23-2-5-27(34-19-23)36-26-4-3-24(25-20-35-30(40)29(25)26)22-6-10-33-28(18-22)39-12-8-31(9-13-39)7-11-32-21-31/h2-6,10,18-19,32H,7-9,11-17,20-21H2,1H3,(H,34,36)(H,35,40). The third kappa shape index (κ3) is 4.77. The molecule has 4 aliphatic heterocycles. The zero-order chi connectivity index (χ0) is 27.1. The lowest BCUT2D eigenvalue weighted by Crippen LogP contribution is -2.44. The van der Waals surface area contributed by atoms with Crippen molar-refractivity contribution in [2.45, 2.75) is 25.8 Å². The van der Waals surface area contributed by atoms with Crippen molar-refractivity contribution in [1.82, 2.24) is 25.5 Å². The second-order valence-electron chi connectivity index (χ2n) is 11.8. The van der Waals surface area contributed by atoms with Crippen LogP contribution < -0.4 is 25.8 Å². The minimum absolute atomic E-state index is 0.0470. The molecule has 40 heavy (non-hydrogen) atoms. The maximum absolute atomic E-state index is 13.0. The van der Waals surface area contributed by atoms with Gasteiger partial charge in [-0.2, -0.15) is 0 Å². The predicted molar refractivity (Wildman–Crippen MR) is 159 cm³/mol. The minimum Gasteiger partial charge on any atom is -0.368 e. The number of aromatic nitrogens is 2. The molecule has 3 fully saturated rings. The van der Waals surface area contributed by atoms with Crippen LogP contribution in [0.5, 0.6) is 0 Å². The van der Waals surface area contributed by atoms with Gasteiger partial charge in [0.1, 0.15) is 11.6 Å². The number of hydrogen-bond acceptors (Lipinski definition) is 8. The van der Waals surface area contributed by atoms with Gasteiger partial charge in [-0.05, 0) is 85.3 Å². The van der Waals surface area contributed by atoms with Crippen LogP contribution in [0.3, 0.4) is 0 Å². The number of nitrogens with zero attached hydrogens (tertiary/aromatic N) is 5. The molecular formula is C31H38N8O. The fraction of sp³-hybridized carbons (Fsp3) is 0.452. The third-order valence-corrected chi connectivity index (χ3v) is 9.38. The Morgan fingerprint density at radius 1 is 0.925 bits per heavy atom. The summed E-state index contributed by atoms with van der Waals surface area (Å²) >= 11 is 0. The van der Waals surface area contributed by atoms with Crippen molar-refractivity contribution in [2.24, 2.45) is 5.41 Å². The Kier molecular flexibility index (Phi) is 6.56. The molecule has 0 saturated carbocycles. The summed E-state index contributed by atoms with van der Waals surface area (Å²) in [5.41, 5.74) is 6.30. The molecule has 6 heterocycles. The molecular weight excluding hydrogens is 500 g/mol. The van der Waals surface area contributed by atoms with E-state index in [1.54, 1.807) is 0 Å². The SMILES string of the molecule is CN1CCN(c2ccc(Nc3ccc(-c4ccnc(N5CCC6(CCNC6)CC5)c4)c4c3C(=O)NC4)nc2)CC1. The Balaban J connectivity index is 1.10. The number of carbonyl (C=O) groups excluding carboxylic acids is 1. The first kappa shape index (κ1) is 25.3. The number of nitrogens with one attached hydrogen (secondary N) is 3. The number of pyridine rings is 2. The number of hydrogen-bond donors (Lipinski definition) is 3. The molecule has 4 aliphatic rings. The smallest absolute Gasteiger partial charge is 0.254 e. The van der Waals surface area contributed by atoms with Crippen molar-refractivity contribution < 1.29 is 4.79 Å². The van der Waals surface area contributed by atoms with Crippen LogP contribution in [0.1, 0.15) is 35.2 Å². The molecule has 0 unspecified atom stereocenters. The van der Waals surface area contributed by atoms with Gasteiger partial charge in [0.05, 0.1) is 23.1 Å². The maximum Gasteiger partial charge on any atom is 0.254 e. The van der Waals surface area contributed by atoms with E-state index in [1.165, 1.54) is 19.3 Å². The van der Waals surface area contributed by atoms with Gasteiger partial charge in [0, 0.05) is 58.6 Å². The Morgan fingerprint density at radius 2 is 1.77 bits per heavy atom. The molecule has 3 aromatic rings. The summed E-state index contributed by atoms with van der Waals surface area (Å²) in [6.07, 6.45) is 7.54. The molecule has 9 nitrogen and oxygen atoms in total. The second-order valence-corrected chi connectivity index (χ2v) is 11.8. The van der Waals surface area contributed by atoms with Gasteiger partial charge in [0.2, 0.25) is 0 Å². The monoisotopic (exact) mass is 538 g/mol. The first-order valence-corrected chi connectivity index (χ1v) is 14.6. The van der Waals surface area contributed by atoms with E-state index in [-0.39, 0.29) is 5.91 Å². The number of carbonyl (C=O) groups is 1. The summed E-state index contributed by atoms with van der Waals surface area (Å²) < 4.78 is 0. The Hall–Kier alpha value is -3.69. The van der Waals surface area contributed by atoms with Gasteiger partial charge < -0.3 is 30.7 Å². The maximum atomic E-state index is 13.0. The highest BCUT2D eigenvalue weighted by molar-refractivity contribution is 6.06. The fourth-order valence-corrected chi connectivity index (χ4v) is 6.76. The lowest BCUT2D eigenvalue weighted by atomic mass is 9.78. The first-order chi connectivity index (χ1) is 19.6. The average Bonchev–Trinajstić information content (AvgIpc) is 3.61. The molecule has 0 radical (unpaired) electrons. The molecule has 1 amide bonds. The number of rotatable bonds is 5. The van der Waals surface area contributed by atoms with Crippen molar-refractivity contribution in [3.05, 3.63) is 59.9 Å². The van der Waals surface area contributed by atoms with Gasteiger partial charge in [0.15, 0.2) is 0 Å². The lowest BCUT2D eigenvalue weighted by molar-refractivity contribution is 0.0966. The van der Waals surface area contributed by atoms with E-state index in [9.17, 15) is 4.79 Å². The molecule has 0 atom stereocenters. The van der Waals surface area contributed by atoms with Crippen molar-refractivity contribution in [2.75, 3.05) is 74.5 Å². The summed E-state index contributed by atoms with van der Waals surface area (Å²) in [7, 11) is 2.16. The predicted octanol–water partition coefficient (Wildman–Crippen LogP) is 3.46. The Bertz CT molecular complexity index is 1380. The number of piperazine rings is 1. The number of amides is 1. The lowest BCUT2D eigenvalue weighted by Gasteiger charge is -2.39. The Morgan fingerprint density at radius 3 is 2.52 bits per heavy atom. The molecule has 0 aliphatic carbocycles. The van der Waals surface area contributed by atoms with Crippen LogP contribution in [0.25, 0.3) is 11.1 Å². The van der Waals surface area contributed by atoms with Gasteiger partial charge in [-0.15, -0.1) is 0 Å². The summed E-state index contributed by atoms with van der Waals surface area (Å²) in [6, 6.07) is 12.5. The molecule has 1 aromatic carbocycles. The molecule has 3 saturated heterocycles. The highest BCUT2D eigenvalue weighted by atomic mass is 16.1. The van der Waals surface area contributed by atoms with Crippen LogP contribution in [0.15, 0.2) is 48.8 Å². The van der Waals surface area contributed by atoms with Gasteiger partial charge >= 0.3 is 0 Å². The van der Waals surface area contributed by atoms with Crippen LogP contribution in [0.4, 0.5) is 23.0 Å². The van der Waals surface area contributed by atoms with Crippen LogP contribution >= 0.6 is 0 Å². The van der Waals surface area contributed by atoms with Gasteiger partial charge in [-0.25, -0.2) is 9.97 Å². The highest BCUT2D eigenvalue weighted by Gasteiger charge is 2.37. The van der Waals surface area contributed by atoms with E-state index in [0.717, 1.165) is 92.1 Å². The average molecular weight is 539 g/mol. The topological polar surface area (TPSA) is 88.7 Å². The van der Waals surface area contributed by atoms with Crippen LogP contribution in [-0.2, 0) is 6.54 Å². The molecule has 7 rings (SSSR count). The largest absolute Gasteiger partial charge is 0.368 e. The second kappa shape index (κ2) is 10.4. The normalized spacial score (nSPS) is 20.6. The van der Waals surface area contributed by atoms with E-state index in [0.29, 0.717) is 17.5 Å². The molecule has 3 N–H and O–H groups in total. The molecule has 1 spiro atoms. The van der Waals surface area contributed by atoms with Crippen LogP contribution in [0, 0.1) is 5.41 Å². The fourth-order valence-electron chi connectivity index (χ4n) is 6.76. The minimum atomic E-state index is -0.0470. The van der Waals surface area contributed by atoms with Crippen molar-refractivity contribution in [3.63, 3.8) is 0 Å². The van der Waals surface area contributed by atoms with Gasteiger partial charge in [-0.3, -0.25) is 4.79 Å². The van der Waals surface area contributed by atoms with Crippen molar-refractivity contribution in [3.8, 4) is 11.1 Å². The van der Waals surface area contributed by atoms with E-state index in [4.69, 9.17) is 4.98 Å². The zero-order valence-electron chi connectivity index (χ0n) is 23.2. The van der Waals surface area contributed by atoms with Gasteiger partial charge in [0.25, 0.3) is 5.91 Å². The quantitative estimate of drug-likeness (QED) is 0.455. The van der Waals surface area contributed by atoms with E-state index in [2.05, 4.69) is 66.9 Å². The van der Waals surface area contributed by atoms with Crippen LogP contribution in [-0.4, -0.2) is 80.2 Å². The summed E-state index contributed by atoms with van der Waals surface area (Å²) in [5, 5.41) is 10.0. The molecule has 0 bridgehead atoms. The van der Waals surface area contributed by atoms with E-state index < -0.39 is 0 Å². The summed E-state index contributed by atoms with van der Waals surface area (Å²) in [5.74, 6) is 1.71. The zero-order valence-corrected chi connectivity index (χ0v) is 23.2. The van der Waals surface area contributed by atoms with Crippen molar-refractivity contribution in [1.29, 1.82) is 0 Å². The number of fused-ring (bicyclic) bond motifs is 1. The molecule has 208 valence electrons. The Labute approximate surface area is 236 Å². The number of anilines is 4. The van der Waals surface area contributed by atoms with E-state index in [1.807, 2.05) is 24.5 Å². The highest BCUT2D eigenvalue weighted by Crippen LogP contribution is 2.39. The first-order valence-electron chi connectivity index (χ1n) is 14.6. The third-order valence-electron chi connectivity index (χ3n) is 9.38. The number of likely N-dealkylation sites (N-methyl/N-ethyl adjacent to an activating group) is 1.